The fourth-order valence-electron chi connectivity index (χ4n) is 2.34. The van der Waals surface area contributed by atoms with Crippen LogP contribution >= 0.6 is 0 Å². The van der Waals surface area contributed by atoms with Crippen molar-refractivity contribution >= 4 is 24.1 Å². The Morgan fingerprint density at radius 2 is 1.60 bits per heavy atom. The van der Waals surface area contributed by atoms with Crippen LogP contribution in [0.25, 0.3) is 12.2 Å². The van der Waals surface area contributed by atoms with Gasteiger partial charge in [-0.25, -0.2) is 9.36 Å². The van der Waals surface area contributed by atoms with E-state index in [4.69, 9.17) is 5.11 Å². The van der Waals surface area contributed by atoms with E-state index in [-0.39, 0.29) is 12.4 Å². The number of unbranched alkanes of at least 4 members (excludes halogenated alkanes) is 1. The summed E-state index contributed by atoms with van der Waals surface area (Å²) in [5.74, 6) is -1.09. The normalized spacial score (nSPS) is 10.8. The Hall–Kier alpha value is -2.95. The summed E-state index contributed by atoms with van der Waals surface area (Å²) in [5.41, 5.74) is 2.60. The van der Waals surface area contributed by atoms with E-state index >= 15 is 0 Å². The van der Waals surface area contributed by atoms with Gasteiger partial charge in [0, 0.05) is 25.0 Å². The molecule has 0 radical (unpaired) electrons. The molecule has 0 aliphatic heterocycles. The Labute approximate surface area is 147 Å². The molecule has 1 aromatic carbocycles. The van der Waals surface area contributed by atoms with Crippen molar-refractivity contribution in [1.82, 2.24) is 0 Å². The van der Waals surface area contributed by atoms with Gasteiger partial charge in [-0.3, -0.25) is 4.79 Å². The molecule has 0 bridgehead atoms. The maximum Gasteiger partial charge on any atom is 0.337 e. The number of benzene rings is 1. The SMILES string of the molecule is COC(=O)c1ccc(/C=C\c2cc[n+](CCCCC(=O)O)cc2)cc1. The average Bonchev–Trinajstić information content (AvgIpc) is 2.64. The lowest BCUT2D eigenvalue weighted by Gasteiger charge is -2.00. The van der Waals surface area contributed by atoms with Gasteiger partial charge >= 0.3 is 11.9 Å². The Bertz CT molecular complexity index is 733. The third-order valence-electron chi connectivity index (χ3n) is 3.77. The van der Waals surface area contributed by atoms with Crippen LogP contribution in [0.4, 0.5) is 0 Å². The molecule has 0 spiro atoms. The number of aryl methyl sites for hydroxylation is 1. The van der Waals surface area contributed by atoms with Crippen molar-refractivity contribution in [3.05, 3.63) is 65.5 Å². The maximum atomic E-state index is 11.4. The fourth-order valence-corrected chi connectivity index (χ4v) is 2.34. The summed E-state index contributed by atoms with van der Waals surface area (Å²) >= 11 is 0. The van der Waals surface area contributed by atoms with Gasteiger partial charge in [0.15, 0.2) is 12.4 Å². The summed E-state index contributed by atoms with van der Waals surface area (Å²) in [6.07, 6.45) is 9.71. The molecule has 130 valence electrons. The number of carbonyl (C=O) groups is 2. The summed E-state index contributed by atoms with van der Waals surface area (Å²) in [6.45, 7) is 0.812. The summed E-state index contributed by atoms with van der Waals surface area (Å²) in [5, 5.41) is 8.62. The van der Waals surface area contributed by atoms with Crippen LogP contribution in [-0.2, 0) is 16.1 Å². The first-order valence-electron chi connectivity index (χ1n) is 8.16. The Morgan fingerprint density at radius 3 is 2.16 bits per heavy atom. The van der Waals surface area contributed by atoms with E-state index in [2.05, 4.69) is 4.74 Å². The first-order valence-corrected chi connectivity index (χ1v) is 8.16. The summed E-state index contributed by atoms with van der Waals surface area (Å²) in [7, 11) is 1.37. The van der Waals surface area contributed by atoms with Gasteiger partial charge in [-0.15, -0.1) is 0 Å². The molecule has 0 fully saturated rings. The van der Waals surface area contributed by atoms with E-state index in [1.54, 1.807) is 12.1 Å². The predicted molar refractivity (Wildman–Crippen MR) is 94.8 cm³/mol. The van der Waals surface area contributed by atoms with Gasteiger partial charge in [0.2, 0.25) is 0 Å². The minimum atomic E-state index is -0.745. The number of hydrogen-bond donors (Lipinski definition) is 1. The van der Waals surface area contributed by atoms with Crippen molar-refractivity contribution < 1.29 is 24.0 Å². The van der Waals surface area contributed by atoms with E-state index in [0.29, 0.717) is 12.0 Å². The topological polar surface area (TPSA) is 67.5 Å². The van der Waals surface area contributed by atoms with Crippen LogP contribution in [0.2, 0.25) is 0 Å². The largest absolute Gasteiger partial charge is 0.481 e. The molecule has 5 heteroatoms. The highest BCUT2D eigenvalue weighted by Crippen LogP contribution is 2.10. The first-order chi connectivity index (χ1) is 12.1. The zero-order chi connectivity index (χ0) is 18.1. The Kier molecular flexibility index (Phi) is 6.89. The quantitative estimate of drug-likeness (QED) is 0.455. The van der Waals surface area contributed by atoms with E-state index in [1.807, 2.05) is 53.4 Å². The van der Waals surface area contributed by atoms with Crippen LogP contribution in [-0.4, -0.2) is 24.2 Å². The van der Waals surface area contributed by atoms with E-state index in [1.165, 1.54) is 7.11 Å². The monoisotopic (exact) mass is 340 g/mol. The average molecular weight is 340 g/mol. The molecular weight excluding hydrogens is 318 g/mol. The van der Waals surface area contributed by atoms with E-state index in [9.17, 15) is 9.59 Å². The van der Waals surface area contributed by atoms with Gasteiger partial charge in [0.1, 0.15) is 6.54 Å². The van der Waals surface area contributed by atoms with Crippen LogP contribution in [0.5, 0.6) is 0 Å². The molecule has 1 N–H and O–H groups in total. The molecule has 5 nitrogen and oxygen atoms in total. The first kappa shape index (κ1) is 18.4. The molecule has 0 aliphatic carbocycles. The standard InChI is InChI=1S/C20H21NO4/c1-25-20(24)18-9-7-16(8-10-18)5-6-17-11-14-21(15-12-17)13-3-2-4-19(22)23/h5-12,14-15H,2-4,13H2,1H3/p+1/b6-5-. The number of ether oxygens (including phenoxy) is 1. The molecule has 0 amide bonds. The molecule has 1 heterocycles. The second kappa shape index (κ2) is 9.37. The number of aliphatic carboxylic acids is 1. The number of pyridine rings is 1. The fraction of sp³-hybridized carbons (Fsp3) is 0.250. The minimum Gasteiger partial charge on any atom is -0.481 e. The lowest BCUT2D eigenvalue weighted by molar-refractivity contribution is -0.697. The minimum absolute atomic E-state index is 0.218. The third kappa shape index (κ3) is 6.22. The summed E-state index contributed by atoms with van der Waals surface area (Å²) in [4.78, 5) is 21.9. The van der Waals surface area contributed by atoms with Crippen LogP contribution in [0.3, 0.4) is 0 Å². The van der Waals surface area contributed by atoms with Crippen LogP contribution in [0, 0.1) is 0 Å². The van der Waals surface area contributed by atoms with Crippen LogP contribution < -0.4 is 4.57 Å². The molecule has 1 aromatic heterocycles. The zero-order valence-corrected chi connectivity index (χ0v) is 14.2. The number of methoxy groups -OCH3 is 1. The molecule has 2 aromatic rings. The van der Waals surface area contributed by atoms with Crippen molar-refractivity contribution in [2.45, 2.75) is 25.8 Å². The van der Waals surface area contributed by atoms with Crippen molar-refractivity contribution in [2.24, 2.45) is 0 Å². The predicted octanol–water partition coefficient (Wildman–Crippen LogP) is 3.19. The molecule has 25 heavy (non-hydrogen) atoms. The molecule has 0 aliphatic rings. The summed E-state index contributed by atoms with van der Waals surface area (Å²) < 4.78 is 6.72. The van der Waals surface area contributed by atoms with Gasteiger partial charge < -0.3 is 9.84 Å². The number of carbonyl (C=O) groups excluding carboxylic acids is 1. The second-order valence-corrected chi connectivity index (χ2v) is 5.67. The Balaban J connectivity index is 1.88. The van der Waals surface area contributed by atoms with Crippen molar-refractivity contribution in [1.29, 1.82) is 0 Å². The maximum absolute atomic E-state index is 11.4. The molecule has 2 rings (SSSR count). The van der Waals surface area contributed by atoms with Crippen molar-refractivity contribution in [3.63, 3.8) is 0 Å². The van der Waals surface area contributed by atoms with E-state index < -0.39 is 5.97 Å². The van der Waals surface area contributed by atoms with Gasteiger partial charge in [0.25, 0.3) is 0 Å². The highest BCUT2D eigenvalue weighted by Gasteiger charge is 2.04. The molecule has 0 atom stereocenters. The van der Waals surface area contributed by atoms with Crippen molar-refractivity contribution in [3.8, 4) is 0 Å². The van der Waals surface area contributed by atoms with Crippen LogP contribution in [0.15, 0.2) is 48.8 Å². The lowest BCUT2D eigenvalue weighted by atomic mass is 10.1. The number of carboxylic acid groups (broad SMARTS) is 1. The number of aromatic nitrogens is 1. The molecular formula is C20H22NO4+. The number of nitrogens with zero attached hydrogens (tertiary/aromatic N) is 1. The molecule has 0 unspecified atom stereocenters. The number of rotatable bonds is 8. The highest BCUT2D eigenvalue weighted by atomic mass is 16.5. The second-order valence-electron chi connectivity index (χ2n) is 5.67. The third-order valence-corrected chi connectivity index (χ3v) is 3.77. The van der Waals surface area contributed by atoms with E-state index in [0.717, 1.165) is 24.1 Å². The summed E-state index contributed by atoms with van der Waals surface area (Å²) in [6, 6.07) is 11.2. The van der Waals surface area contributed by atoms with Crippen molar-refractivity contribution in [2.75, 3.05) is 7.11 Å². The van der Waals surface area contributed by atoms with Gasteiger partial charge in [-0.05, 0) is 29.7 Å². The smallest absolute Gasteiger partial charge is 0.337 e. The molecule has 0 saturated carbocycles. The molecule has 0 saturated heterocycles. The van der Waals surface area contributed by atoms with Gasteiger partial charge in [-0.1, -0.05) is 24.3 Å². The number of hydrogen-bond acceptors (Lipinski definition) is 3. The van der Waals surface area contributed by atoms with Gasteiger partial charge in [-0.2, -0.15) is 0 Å². The lowest BCUT2D eigenvalue weighted by Crippen LogP contribution is -2.32. The van der Waals surface area contributed by atoms with Crippen LogP contribution in [0.1, 0.15) is 40.7 Å². The number of carboxylic acids is 1. The zero-order valence-electron chi connectivity index (χ0n) is 14.2. The van der Waals surface area contributed by atoms with Gasteiger partial charge in [0.05, 0.1) is 12.7 Å². The highest BCUT2D eigenvalue weighted by molar-refractivity contribution is 5.89. The number of esters is 1. The Morgan fingerprint density at radius 1 is 1.00 bits per heavy atom.